The molecule has 0 fully saturated rings. The average Bonchev–Trinajstić information content (AvgIpc) is 3.41. The number of alkyl halides is 3. The molecule has 178 valence electrons. The van der Waals surface area contributed by atoms with E-state index in [9.17, 15) is 18.3 Å². The van der Waals surface area contributed by atoms with Crippen molar-refractivity contribution in [2.45, 2.75) is 52.5 Å². The zero-order valence-corrected chi connectivity index (χ0v) is 19.3. The standard InChI is InChI=1S/C23H26F3N3O3S/c1-4-15(12-27)10-13(2)6-5-7-18-29-19-20(31-18)17(22-28-8-9-33-22)11-16(14(3)30)21(19)32-23(24,25)26/h5,7-9,11-15,27,30H,4,6,10H2,1-3H3/b7-5+,27-12?. The second kappa shape index (κ2) is 10.5. The Balaban J connectivity index is 2.02. The quantitative estimate of drug-likeness (QED) is 0.304. The number of nitrogens with zero attached hydrogens (tertiary/aromatic N) is 2. The summed E-state index contributed by atoms with van der Waals surface area (Å²) in [5, 5.41) is 19.9. The lowest BCUT2D eigenvalue weighted by atomic mass is 9.92. The van der Waals surface area contributed by atoms with Gasteiger partial charge in [-0.2, -0.15) is 0 Å². The van der Waals surface area contributed by atoms with Gasteiger partial charge in [0.15, 0.2) is 16.8 Å². The van der Waals surface area contributed by atoms with E-state index in [1.807, 2.05) is 13.0 Å². The van der Waals surface area contributed by atoms with Gasteiger partial charge in [0.1, 0.15) is 5.01 Å². The van der Waals surface area contributed by atoms with E-state index in [1.54, 1.807) is 17.7 Å². The maximum atomic E-state index is 13.1. The Morgan fingerprint density at radius 3 is 2.67 bits per heavy atom. The molecular weight excluding hydrogens is 455 g/mol. The van der Waals surface area contributed by atoms with Gasteiger partial charge in [-0.15, -0.1) is 24.5 Å². The van der Waals surface area contributed by atoms with Crippen LogP contribution in [-0.4, -0.2) is 27.7 Å². The summed E-state index contributed by atoms with van der Waals surface area (Å²) in [6, 6.07) is 1.40. The van der Waals surface area contributed by atoms with E-state index in [1.165, 1.54) is 30.5 Å². The van der Waals surface area contributed by atoms with Crippen LogP contribution >= 0.6 is 11.3 Å². The second-order valence-corrected chi connectivity index (χ2v) is 8.84. The van der Waals surface area contributed by atoms with Crippen LogP contribution < -0.4 is 4.74 Å². The molecule has 3 rings (SSSR count). The highest BCUT2D eigenvalue weighted by Gasteiger charge is 2.35. The van der Waals surface area contributed by atoms with Crippen molar-refractivity contribution in [2.24, 2.45) is 11.8 Å². The molecule has 2 heterocycles. The van der Waals surface area contributed by atoms with Gasteiger partial charge < -0.3 is 19.7 Å². The molecule has 3 unspecified atom stereocenters. The van der Waals surface area contributed by atoms with Crippen LogP contribution in [0, 0.1) is 17.2 Å². The minimum absolute atomic E-state index is 0.0558. The summed E-state index contributed by atoms with van der Waals surface area (Å²) in [6.07, 6.45) is 2.78. The third-order valence-corrected chi connectivity index (χ3v) is 6.07. The van der Waals surface area contributed by atoms with Crippen LogP contribution in [0.15, 0.2) is 28.1 Å². The fourth-order valence-corrected chi connectivity index (χ4v) is 4.23. The van der Waals surface area contributed by atoms with E-state index >= 15 is 0 Å². The highest BCUT2D eigenvalue weighted by Crippen LogP contribution is 2.42. The van der Waals surface area contributed by atoms with Gasteiger partial charge in [-0.3, -0.25) is 0 Å². The van der Waals surface area contributed by atoms with Gasteiger partial charge in [-0.25, -0.2) is 9.97 Å². The summed E-state index contributed by atoms with van der Waals surface area (Å²) in [5.41, 5.74) is 0.358. The summed E-state index contributed by atoms with van der Waals surface area (Å²) in [7, 11) is 0. The van der Waals surface area contributed by atoms with E-state index in [0.29, 0.717) is 22.9 Å². The fourth-order valence-electron chi connectivity index (χ4n) is 3.58. The van der Waals surface area contributed by atoms with Crippen LogP contribution in [-0.2, 0) is 0 Å². The molecule has 2 aromatic heterocycles. The highest BCUT2D eigenvalue weighted by atomic mass is 32.1. The van der Waals surface area contributed by atoms with Gasteiger partial charge >= 0.3 is 6.36 Å². The molecule has 0 amide bonds. The normalized spacial score (nSPS) is 15.1. The molecule has 0 saturated heterocycles. The molecule has 0 aliphatic rings. The van der Waals surface area contributed by atoms with E-state index < -0.39 is 18.2 Å². The van der Waals surface area contributed by atoms with Crippen LogP contribution in [0.2, 0.25) is 0 Å². The zero-order chi connectivity index (χ0) is 24.2. The van der Waals surface area contributed by atoms with Gasteiger partial charge in [0.2, 0.25) is 5.89 Å². The Morgan fingerprint density at radius 1 is 1.33 bits per heavy atom. The van der Waals surface area contributed by atoms with Gasteiger partial charge in [0.25, 0.3) is 0 Å². The number of fused-ring (bicyclic) bond motifs is 1. The summed E-state index contributed by atoms with van der Waals surface area (Å²) >= 11 is 1.29. The first kappa shape index (κ1) is 24.9. The molecule has 33 heavy (non-hydrogen) atoms. The Bertz CT molecular complexity index is 1110. The molecule has 1 aromatic carbocycles. The molecule has 0 bridgehead atoms. The first-order valence-electron chi connectivity index (χ1n) is 10.6. The number of hydrogen-bond donors (Lipinski definition) is 2. The number of aliphatic hydroxyl groups is 1. The lowest BCUT2D eigenvalue weighted by Gasteiger charge is -2.16. The van der Waals surface area contributed by atoms with E-state index in [2.05, 4.69) is 21.6 Å². The van der Waals surface area contributed by atoms with Gasteiger partial charge in [0.05, 0.1) is 11.7 Å². The van der Waals surface area contributed by atoms with Crippen molar-refractivity contribution in [1.82, 2.24) is 9.97 Å². The smallest absolute Gasteiger partial charge is 0.436 e. The van der Waals surface area contributed by atoms with E-state index in [4.69, 9.17) is 9.83 Å². The molecule has 3 aromatic rings. The molecule has 6 nitrogen and oxygen atoms in total. The molecule has 10 heteroatoms. The van der Waals surface area contributed by atoms with E-state index in [0.717, 1.165) is 12.8 Å². The van der Waals surface area contributed by atoms with Crippen molar-refractivity contribution in [3.8, 4) is 16.3 Å². The van der Waals surface area contributed by atoms with Crippen LogP contribution in [0.5, 0.6) is 5.75 Å². The number of halogens is 3. The third-order valence-electron chi connectivity index (χ3n) is 5.26. The van der Waals surface area contributed by atoms with Crippen LogP contribution in [0.3, 0.4) is 0 Å². The van der Waals surface area contributed by atoms with Gasteiger partial charge in [-0.05, 0) is 56.4 Å². The van der Waals surface area contributed by atoms with Crippen LogP contribution in [0.25, 0.3) is 27.7 Å². The summed E-state index contributed by atoms with van der Waals surface area (Å²) in [4.78, 5) is 8.48. The number of oxazole rings is 1. The Morgan fingerprint density at radius 2 is 2.09 bits per heavy atom. The molecule has 0 aliphatic heterocycles. The number of thiazole rings is 1. The molecule has 0 radical (unpaired) electrons. The third kappa shape index (κ3) is 6.20. The summed E-state index contributed by atoms with van der Waals surface area (Å²) in [5.74, 6) is 0.0822. The number of ether oxygens (including phenoxy) is 1. The van der Waals surface area contributed by atoms with E-state index in [-0.39, 0.29) is 28.5 Å². The molecule has 3 atom stereocenters. The topological polar surface area (TPSA) is 92.2 Å². The number of rotatable bonds is 10. The monoisotopic (exact) mass is 481 g/mol. The summed E-state index contributed by atoms with van der Waals surface area (Å²) in [6.45, 7) is 5.47. The Kier molecular flexibility index (Phi) is 7.91. The molecule has 0 spiro atoms. The van der Waals surface area contributed by atoms with Crippen molar-refractivity contribution in [1.29, 1.82) is 5.41 Å². The molecule has 2 N–H and O–H groups in total. The molecule has 0 aliphatic carbocycles. The lowest BCUT2D eigenvalue weighted by molar-refractivity contribution is -0.274. The predicted molar refractivity (Wildman–Crippen MR) is 122 cm³/mol. The SMILES string of the molecule is CCC(C=N)CC(C)C/C=C/c1nc2c(OC(F)(F)F)c(C(C)O)cc(-c3nccs3)c2o1. The number of aliphatic hydroxyl groups excluding tert-OH is 1. The van der Waals surface area contributed by atoms with Crippen molar-refractivity contribution < 1.29 is 27.4 Å². The fraction of sp³-hybridized carbons (Fsp3) is 0.435. The largest absolute Gasteiger partial charge is 0.573 e. The maximum Gasteiger partial charge on any atom is 0.573 e. The van der Waals surface area contributed by atoms with Crippen molar-refractivity contribution in [2.75, 3.05) is 0 Å². The van der Waals surface area contributed by atoms with Crippen LogP contribution in [0.4, 0.5) is 13.2 Å². The highest BCUT2D eigenvalue weighted by molar-refractivity contribution is 7.13. The number of allylic oxidation sites excluding steroid dienone is 1. The maximum absolute atomic E-state index is 13.1. The van der Waals surface area contributed by atoms with Crippen molar-refractivity contribution in [3.05, 3.63) is 35.2 Å². The lowest BCUT2D eigenvalue weighted by Crippen LogP contribution is -2.19. The average molecular weight is 482 g/mol. The number of benzene rings is 1. The molecular formula is C23H26F3N3O3S. The van der Waals surface area contributed by atoms with Gasteiger partial charge in [-0.1, -0.05) is 19.9 Å². The second-order valence-electron chi connectivity index (χ2n) is 7.95. The van der Waals surface area contributed by atoms with Gasteiger partial charge in [0, 0.05) is 17.1 Å². The molecule has 0 saturated carbocycles. The summed E-state index contributed by atoms with van der Waals surface area (Å²) < 4.78 is 49.5. The first-order valence-corrected chi connectivity index (χ1v) is 11.5. The Labute approximate surface area is 193 Å². The van der Waals surface area contributed by atoms with Crippen molar-refractivity contribution in [3.63, 3.8) is 0 Å². The Hall–Kier alpha value is -2.72. The number of hydrogen-bond acceptors (Lipinski definition) is 7. The number of nitrogens with one attached hydrogen (secondary N) is 1. The zero-order valence-electron chi connectivity index (χ0n) is 18.5. The first-order chi connectivity index (χ1) is 15.6. The minimum Gasteiger partial charge on any atom is -0.436 e. The minimum atomic E-state index is -4.96. The van der Waals surface area contributed by atoms with Crippen molar-refractivity contribution >= 4 is 34.7 Å². The van der Waals surface area contributed by atoms with Crippen LogP contribution in [0.1, 0.15) is 57.6 Å². The predicted octanol–water partition coefficient (Wildman–Crippen LogP) is 7.01. The number of aromatic nitrogens is 2.